The van der Waals surface area contributed by atoms with Crippen molar-refractivity contribution in [2.75, 3.05) is 17.6 Å². The van der Waals surface area contributed by atoms with E-state index in [0.717, 1.165) is 0 Å². The van der Waals surface area contributed by atoms with Gasteiger partial charge in [-0.15, -0.1) is 0 Å². The molecule has 1 heterocycles. The first-order valence-electron chi connectivity index (χ1n) is 5.81. The lowest BCUT2D eigenvalue weighted by Gasteiger charge is -2.08. The number of ether oxygens (including phenoxy) is 1. The zero-order chi connectivity index (χ0) is 14.9. The van der Waals surface area contributed by atoms with Crippen LogP contribution in [0, 0.1) is 6.92 Å². The fraction of sp³-hybridized carbons (Fsp3) is 0.250. The Morgan fingerprint density at radius 2 is 1.90 bits per heavy atom. The maximum Gasteiger partial charge on any atom is 0.267 e. The van der Waals surface area contributed by atoms with Crippen LogP contribution in [-0.4, -0.2) is 25.3 Å². The van der Waals surface area contributed by atoms with E-state index >= 15 is 0 Å². The molecular weight excluding hydrogens is 280 g/mol. The third-order valence-electron chi connectivity index (χ3n) is 2.92. The summed E-state index contributed by atoms with van der Waals surface area (Å²) in [6, 6.07) is 6.55. The fourth-order valence-corrected chi connectivity index (χ4v) is 3.20. The fourth-order valence-electron chi connectivity index (χ4n) is 1.81. The van der Waals surface area contributed by atoms with Gasteiger partial charge in [0.1, 0.15) is 5.75 Å². The number of hydrogen-bond acceptors (Lipinski definition) is 5. The lowest BCUT2D eigenvalue weighted by atomic mass is 10.3. The third-order valence-corrected chi connectivity index (χ3v) is 4.46. The SMILES string of the molecule is COc1ccc(NS(=O)(=O)c2c(N)nn(C)c2C)cc1. The summed E-state index contributed by atoms with van der Waals surface area (Å²) in [7, 11) is -0.595. The molecule has 2 rings (SSSR count). The molecule has 2 aromatic rings. The van der Waals surface area contributed by atoms with Crippen LogP contribution in [0.15, 0.2) is 29.2 Å². The van der Waals surface area contributed by atoms with E-state index in [1.807, 2.05) is 0 Å². The maximum absolute atomic E-state index is 12.3. The minimum atomic E-state index is -3.77. The highest BCUT2D eigenvalue weighted by molar-refractivity contribution is 7.93. The summed E-state index contributed by atoms with van der Waals surface area (Å²) in [5.41, 5.74) is 6.56. The Bertz CT molecular complexity index is 720. The lowest BCUT2D eigenvalue weighted by Crippen LogP contribution is -2.15. The predicted octanol–water partition coefficient (Wildman–Crippen LogP) is 1.12. The number of nitrogens with one attached hydrogen (secondary N) is 1. The molecule has 0 aliphatic rings. The highest BCUT2D eigenvalue weighted by Gasteiger charge is 2.24. The molecule has 0 fully saturated rings. The number of nitrogens with zero attached hydrogens (tertiary/aromatic N) is 2. The Morgan fingerprint density at radius 3 is 2.35 bits per heavy atom. The minimum Gasteiger partial charge on any atom is -0.497 e. The second-order valence-electron chi connectivity index (χ2n) is 4.26. The van der Waals surface area contributed by atoms with Crippen LogP contribution in [0.4, 0.5) is 11.5 Å². The normalized spacial score (nSPS) is 11.3. The van der Waals surface area contributed by atoms with Gasteiger partial charge in [0.2, 0.25) is 0 Å². The molecule has 0 aliphatic heterocycles. The van der Waals surface area contributed by atoms with E-state index in [2.05, 4.69) is 9.82 Å². The van der Waals surface area contributed by atoms with Gasteiger partial charge in [-0.1, -0.05) is 0 Å². The summed E-state index contributed by atoms with van der Waals surface area (Å²) in [6.45, 7) is 1.64. The number of nitrogen functional groups attached to an aromatic ring is 1. The molecule has 0 bridgehead atoms. The Hall–Kier alpha value is -2.22. The van der Waals surface area contributed by atoms with E-state index < -0.39 is 10.0 Å². The van der Waals surface area contributed by atoms with E-state index in [-0.39, 0.29) is 10.7 Å². The lowest BCUT2D eigenvalue weighted by molar-refractivity contribution is 0.415. The molecule has 1 aromatic heterocycles. The van der Waals surface area contributed by atoms with Crippen LogP contribution in [0.5, 0.6) is 5.75 Å². The summed E-state index contributed by atoms with van der Waals surface area (Å²) in [6.07, 6.45) is 0. The molecule has 20 heavy (non-hydrogen) atoms. The Balaban J connectivity index is 2.35. The number of methoxy groups -OCH3 is 1. The maximum atomic E-state index is 12.3. The molecule has 0 spiro atoms. The highest BCUT2D eigenvalue weighted by atomic mass is 32.2. The molecule has 8 heteroatoms. The Morgan fingerprint density at radius 1 is 1.30 bits per heavy atom. The van der Waals surface area contributed by atoms with E-state index in [1.54, 1.807) is 45.3 Å². The monoisotopic (exact) mass is 296 g/mol. The quantitative estimate of drug-likeness (QED) is 0.880. The summed E-state index contributed by atoms with van der Waals surface area (Å²) in [5, 5.41) is 3.90. The van der Waals surface area contributed by atoms with Crippen molar-refractivity contribution in [1.29, 1.82) is 0 Å². The number of rotatable bonds is 4. The predicted molar refractivity (Wildman–Crippen MR) is 76.2 cm³/mol. The van der Waals surface area contributed by atoms with Gasteiger partial charge >= 0.3 is 0 Å². The largest absolute Gasteiger partial charge is 0.497 e. The van der Waals surface area contributed by atoms with Gasteiger partial charge in [-0.3, -0.25) is 9.40 Å². The van der Waals surface area contributed by atoms with Crippen LogP contribution in [0.3, 0.4) is 0 Å². The summed E-state index contributed by atoms with van der Waals surface area (Å²) in [4.78, 5) is -0.00387. The van der Waals surface area contributed by atoms with E-state index in [0.29, 0.717) is 17.1 Å². The van der Waals surface area contributed by atoms with Gasteiger partial charge in [-0.05, 0) is 31.2 Å². The Labute approximate surface area is 117 Å². The summed E-state index contributed by atoms with van der Waals surface area (Å²) in [5.74, 6) is 0.621. The summed E-state index contributed by atoms with van der Waals surface area (Å²) < 4.78 is 33.6. The number of aromatic nitrogens is 2. The zero-order valence-corrected chi connectivity index (χ0v) is 12.2. The molecule has 0 saturated carbocycles. The van der Waals surface area contributed by atoms with E-state index in [1.165, 1.54) is 4.68 Å². The summed E-state index contributed by atoms with van der Waals surface area (Å²) >= 11 is 0. The van der Waals surface area contributed by atoms with Crippen LogP contribution in [0.25, 0.3) is 0 Å². The second kappa shape index (κ2) is 5.04. The van der Waals surface area contributed by atoms with Crippen molar-refractivity contribution in [2.45, 2.75) is 11.8 Å². The van der Waals surface area contributed by atoms with Crippen molar-refractivity contribution < 1.29 is 13.2 Å². The van der Waals surface area contributed by atoms with Gasteiger partial charge in [0.15, 0.2) is 10.7 Å². The van der Waals surface area contributed by atoms with Crippen LogP contribution >= 0.6 is 0 Å². The van der Waals surface area contributed by atoms with Crippen molar-refractivity contribution in [3.8, 4) is 5.75 Å². The third kappa shape index (κ3) is 2.55. The van der Waals surface area contributed by atoms with Crippen LogP contribution < -0.4 is 15.2 Å². The molecule has 108 valence electrons. The highest BCUT2D eigenvalue weighted by Crippen LogP contribution is 2.24. The number of benzene rings is 1. The van der Waals surface area contributed by atoms with Gasteiger partial charge in [-0.25, -0.2) is 8.42 Å². The van der Waals surface area contributed by atoms with E-state index in [4.69, 9.17) is 10.5 Å². The van der Waals surface area contributed by atoms with Crippen molar-refractivity contribution >= 4 is 21.5 Å². The van der Waals surface area contributed by atoms with Gasteiger partial charge in [-0.2, -0.15) is 5.10 Å². The molecule has 0 atom stereocenters. The van der Waals surface area contributed by atoms with Gasteiger partial charge in [0, 0.05) is 12.7 Å². The molecule has 0 aliphatic carbocycles. The molecule has 0 radical (unpaired) electrons. The van der Waals surface area contributed by atoms with Crippen LogP contribution in [0.1, 0.15) is 5.69 Å². The van der Waals surface area contributed by atoms with Crippen LogP contribution in [-0.2, 0) is 17.1 Å². The smallest absolute Gasteiger partial charge is 0.267 e. The molecular formula is C12H16N4O3S. The zero-order valence-electron chi connectivity index (χ0n) is 11.4. The topological polar surface area (TPSA) is 99.2 Å². The average molecular weight is 296 g/mol. The number of sulfonamides is 1. The van der Waals surface area contributed by atoms with Crippen molar-refractivity contribution in [3.05, 3.63) is 30.0 Å². The average Bonchev–Trinajstić information content (AvgIpc) is 2.64. The number of hydrogen-bond donors (Lipinski definition) is 2. The number of aryl methyl sites for hydroxylation is 1. The second-order valence-corrected chi connectivity index (χ2v) is 5.88. The van der Waals surface area contributed by atoms with Crippen molar-refractivity contribution in [3.63, 3.8) is 0 Å². The first-order chi connectivity index (χ1) is 9.35. The van der Waals surface area contributed by atoms with Crippen molar-refractivity contribution in [1.82, 2.24) is 9.78 Å². The number of nitrogens with two attached hydrogens (primary N) is 1. The minimum absolute atomic E-state index is 0.00387. The van der Waals surface area contributed by atoms with Gasteiger partial charge in [0.05, 0.1) is 12.8 Å². The number of anilines is 2. The molecule has 1 aromatic carbocycles. The first-order valence-corrected chi connectivity index (χ1v) is 7.29. The van der Waals surface area contributed by atoms with Gasteiger partial charge < -0.3 is 10.5 Å². The molecule has 3 N–H and O–H groups in total. The standard InChI is InChI=1S/C12H16N4O3S/c1-8-11(12(13)14-16(8)2)20(17,18)15-9-4-6-10(19-3)7-5-9/h4-7,15H,1-3H3,(H2,13,14). The molecule has 0 saturated heterocycles. The van der Waals surface area contributed by atoms with Gasteiger partial charge in [0.25, 0.3) is 10.0 Å². The van der Waals surface area contributed by atoms with Crippen LogP contribution in [0.2, 0.25) is 0 Å². The molecule has 0 unspecified atom stereocenters. The van der Waals surface area contributed by atoms with E-state index in [9.17, 15) is 8.42 Å². The first kappa shape index (κ1) is 14.2. The molecule has 0 amide bonds. The Kier molecular flexibility index (Phi) is 3.58. The molecule has 7 nitrogen and oxygen atoms in total. The van der Waals surface area contributed by atoms with Crippen molar-refractivity contribution in [2.24, 2.45) is 7.05 Å².